The molecule has 2 aromatic carbocycles. The van der Waals surface area contributed by atoms with Gasteiger partial charge in [0.25, 0.3) is 0 Å². The van der Waals surface area contributed by atoms with Crippen molar-refractivity contribution in [3.8, 4) is 17.2 Å². The van der Waals surface area contributed by atoms with E-state index in [0.29, 0.717) is 22.9 Å². The van der Waals surface area contributed by atoms with Crippen LogP contribution in [0.1, 0.15) is 23.6 Å². The van der Waals surface area contributed by atoms with Crippen molar-refractivity contribution in [2.24, 2.45) is 0 Å². The first kappa shape index (κ1) is 20.3. The smallest absolute Gasteiger partial charge is 0.226 e. The van der Waals surface area contributed by atoms with E-state index >= 15 is 0 Å². The minimum absolute atomic E-state index is 0.104. The fourth-order valence-electron chi connectivity index (χ4n) is 3.28. The Morgan fingerprint density at radius 1 is 0.966 bits per heavy atom. The summed E-state index contributed by atoms with van der Waals surface area (Å²) in [4.78, 5) is 12.9. The molecule has 0 saturated heterocycles. The normalized spacial score (nSPS) is 11.6. The second kappa shape index (κ2) is 9.19. The number of carbonyl (C=O) groups is 1. The molecular weight excluding hydrogens is 368 g/mol. The highest BCUT2D eigenvalue weighted by molar-refractivity contribution is 5.92. The second-order valence-electron chi connectivity index (χ2n) is 6.72. The third kappa shape index (κ3) is 4.71. The minimum Gasteiger partial charge on any atom is -0.493 e. The van der Waals surface area contributed by atoms with Crippen LogP contribution >= 0.6 is 0 Å². The average Bonchev–Trinajstić information content (AvgIpc) is 3.26. The Morgan fingerprint density at radius 2 is 1.55 bits per heavy atom. The van der Waals surface area contributed by atoms with Gasteiger partial charge in [-0.1, -0.05) is 29.8 Å². The van der Waals surface area contributed by atoms with E-state index in [1.54, 1.807) is 33.5 Å². The van der Waals surface area contributed by atoms with Crippen LogP contribution in [0.4, 0.5) is 5.69 Å². The summed E-state index contributed by atoms with van der Waals surface area (Å²) < 4.78 is 18.1. The van der Waals surface area contributed by atoms with Crippen LogP contribution in [0.3, 0.4) is 0 Å². The van der Waals surface area contributed by atoms with Gasteiger partial charge in [0.05, 0.1) is 33.8 Å². The predicted octanol–water partition coefficient (Wildman–Crippen LogP) is 4.44. The summed E-state index contributed by atoms with van der Waals surface area (Å²) in [6.07, 6.45) is 4.23. The molecule has 0 aliphatic rings. The molecule has 0 radical (unpaired) electrons. The molecule has 0 unspecified atom stereocenters. The zero-order valence-electron chi connectivity index (χ0n) is 17.1. The van der Waals surface area contributed by atoms with Crippen molar-refractivity contribution >= 4 is 11.6 Å². The lowest BCUT2D eigenvalue weighted by atomic mass is 10.0. The third-order valence-corrected chi connectivity index (χ3v) is 4.78. The molecular formula is C23H26N2O4. The van der Waals surface area contributed by atoms with Gasteiger partial charge in [0, 0.05) is 30.2 Å². The Kier molecular flexibility index (Phi) is 6.44. The second-order valence-corrected chi connectivity index (χ2v) is 6.72. The van der Waals surface area contributed by atoms with Gasteiger partial charge < -0.3 is 24.1 Å². The zero-order valence-corrected chi connectivity index (χ0v) is 17.1. The van der Waals surface area contributed by atoms with Gasteiger partial charge in [0.15, 0.2) is 11.5 Å². The molecule has 0 aliphatic carbocycles. The van der Waals surface area contributed by atoms with Crippen molar-refractivity contribution in [2.45, 2.75) is 19.4 Å². The number of hydrogen-bond donors (Lipinski definition) is 1. The molecule has 0 fully saturated rings. The Labute approximate surface area is 171 Å². The molecule has 1 N–H and O–H groups in total. The summed E-state index contributed by atoms with van der Waals surface area (Å²) in [5.41, 5.74) is 2.84. The number of ether oxygens (including phenoxy) is 3. The fourth-order valence-corrected chi connectivity index (χ4v) is 3.28. The van der Waals surface area contributed by atoms with Crippen LogP contribution in [-0.4, -0.2) is 31.8 Å². The molecule has 152 valence electrons. The quantitative estimate of drug-likeness (QED) is 0.614. The van der Waals surface area contributed by atoms with Crippen LogP contribution in [-0.2, 0) is 4.79 Å². The van der Waals surface area contributed by atoms with Gasteiger partial charge in [-0.3, -0.25) is 4.79 Å². The lowest BCUT2D eigenvalue weighted by Crippen LogP contribution is -2.19. The van der Waals surface area contributed by atoms with Crippen LogP contribution in [0.5, 0.6) is 17.2 Å². The highest BCUT2D eigenvalue weighted by Crippen LogP contribution is 2.40. The molecule has 29 heavy (non-hydrogen) atoms. The summed E-state index contributed by atoms with van der Waals surface area (Å²) in [5.74, 6) is 1.35. The Bertz CT molecular complexity index is 925. The standard InChI is InChI=1S/C23H26N2O4/c1-16-7-9-17(10-8-16)19(25-11-5-6-12-25)15-22(26)24-18-13-20(27-2)23(29-4)21(14-18)28-3/h5-14,19H,15H2,1-4H3,(H,24,26)/t19-/m1/s1. The monoisotopic (exact) mass is 394 g/mol. The zero-order chi connectivity index (χ0) is 20.8. The molecule has 1 aromatic heterocycles. The predicted molar refractivity (Wildman–Crippen MR) is 113 cm³/mol. The Hall–Kier alpha value is -3.41. The maximum atomic E-state index is 12.9. The van der Waals surface area contributed by atoms with Crippen molar-refractivity contribution in [1.82, 2.24) is 4.57 Å². The van der Waals surface area contributed by atoms with Crippen LogP contribution in [0.15, 0.2) is 60.9 Å². The molecule has 6 nitrogen and oxygen atoms in total. The summed E-state index contributed by atoms with van der Waals surface area (Å²) >= 11 is 0. The molecule has 0 saturated carbocycles. The van der Waals surface area contributed by atoms with E-state index in [0.717, 1.165) is 5.56 Å². The third-order valence-electron chi connectivity index (χ3n) is 4.78. The van der Waals surface area contributed by atoms with E-state index in [-0.39, 0.29) is 18.4 Å². The first-order valence-corrected chi connectivity index (χ1v) is 9.34. The lowest BCUT2D eigenvalue weighted by Gasteiger charge is -2.20. The van der Waals surface area contributed by atoms with Crippen LogP contribution in [0.2, 0.25) is 0 Å². The van der Waals surface area contributed by atoms with E-state index in [1.807, 2.05) is 36.0 Å². The van der Waals surface area contributed by atoms with Gasteiger partial charge in [-0.25, -0.2) is 0 Å². The fraction of sp³-hybridized carbons (Fsp3) is 0.261. The van der Waals surface area contributed by atoms with Crippen molar-refractivity contribution in [3.63, 3.8) is 0 Å². The molecule has 0 bridgehead atoms. The number of amides is 1. The topological polar surface area (TPSA) is 61.7 Å². The van der Waals surface area contributed by atoms with Gasteiger partial charge in [-0.2, -0.15) is 0 Å². The number of benzene rings is 2. The first-order chi connectivity index (χ1) is 14.0. The van der Waals surface area contributed by atoms with E-state index in [1.165, 1.54) is 5.56 Å². The van der Waals surface area contributed by atoms with Crippen LogP contribution in [0.25, 0.3) is 0 Å². The summed E-state index contributed by atoms with van der Waals surface area (Å²) in [6.45, 7) is 2.05. The van der Waals surface area contributed by atoms with Crippen LogP contribution < -0.4 is 19.5 Å². The van der Waals surface area contributed by atoms with E-state index < -0.39 is 0 Å². The van der Waals surface area contributed by atoms with Gasteiger partial charge in [0.1, 0.15) is 0 Å². The highest BCUT2D eigenvalue weighted by Gasteiger charge is 2.19. The van der Waals surface area contributed by atoms with Crippen molar-refractivity contribution in [1.29, 1.82) is 0 Å². The molecule has 6 heteroatoms. The van der Waals surface area contributed by atoms with Crippen molar-refractivity contribution in [2.75, 3.05) is 26.6 Å². The van der Waals surface area contributed by atoms with Gasteiger partial charge in [0.2, 0.25) is 11.7 Å². The minimum atomic E-state index is -0.112. The largest absolute Gasteiger partial charge is 0.493 e. The Balaban J connectivity index is 1.83. The number of nitrogens with one attached hydrogen (secondary N) is 1. The summed E-state index contributed by atoms with van der Waals surface area (Å²) in [6, 6.07) is 15.5. The molecule has 0 spiro atoms. The number of carbonyl (C=O) groups excluding carboxylic acids is 1. The highest BCUT2D eigenvalue weighted by atomic mass is 16.5. The van der Waals surface area contributed by atoms with Crippen LogP contribution in [0, 0.1) is 6.92 Å². The Morgan fingerprint density at radius 3 is 2.07 bits per heavy atom. The maximum Gasteiger partial charge on any atom is 0.226 e. The number of aryl methyl sites for hydroxylation is 1. The van der Waals surface area contributed by atoms with Gasteiger partial charge in [-0.05, 0) is 24.6 Å². The number of rotatable bonds is 8. The summed E-state index contributed by atoms with van der Waals surface area (Å²) in [7, 11) is 4.63. The first-order valence-electron chi connectivity index (χ1n) is 9.34. The van der Waals surface area contributed by atoms with Crippen molar-refractivity contribution in [3.05, 3.63) is 72.1 Å². The van der Waals surface area contributed by atoms with E-state index in [9.17, 15) is 4.79 Å². The molecule has 1 atom stereocenters. The van der Waals surface area contributed by atoms with Gasteiger partial charge in [-0.15, -0.1) is 0 Å². The SMILES string of the molecule is COc1cc(NC(=O)C[C@H](c2ccc(C)cc2)n2cccc2)cc(OC)c1OC. The molecule has 3 aromatic rings. The molecule has 1 amide bonds. The maximum absolute atomic E-state index is 12.9. The van der Waals surface area contributed by atoms with E-state index in [2.05, 4.69) is 29.6 Å². The molecule has 1 heterocycles. The van der Waals surface area contributed by atoms with Gasteiger partial charge >= 0.3 is 0 Å². The number of nitrogens with zero attached hydrogens (tertiary/aromatic N) is 1. The average molecular weight is 394 g/mol. The summed E-state index contributed by atoms with van der Waals surface area (Å²) in [5, 5.41) is 2.95. The van der Waals surface area contributed by atoms with E-state index in [4.69, 9.17) is 14.2 Å². The lowest BCUT2D eigenvalue weighted by molar-refractivity contribution is -0.116. The number of aromatic nitrogens is 1. The number of hydrogen-bond acceptors (Lipinski definition) is 4. The number of methoxy groups -OCH3 is 3. The van der Waals surface area contributed by atoms with Crippen molar-refractivity contribution < 1.29 is 19.0 Å². The molecule has 3 rings (SSSR count). The molecule has 0 aliphatic heterocycles. The number of anilines is 1.